The molecule has 0 atom stereocenters. The van der Waals surface area contributed by atoms with Crippen LogP contribution in [0.2, 0.25) is 0 Å². The molecule has 1 heterocycles. The molecule has 0 saturated carbocycles. The number of aromatic nitrogens is 2. The van der Waals surface area contributed by atoms with Crippen LogP contribution in [0.5, 0.6) is 0 Å². The highest BCUT2D eigenvalue weighted by Crippen LogP contribution is 1.96. The molecular weight excluding hydrogens is 218 g/mol. The Morgan fingerprint density at radius 1 is 1.53 bits per heavy atom. The number of rotatable bonds is 3. The number of nitrogens with two attached hydrogens (primary N) is 1. The van der Waals surface area contributed by atoms with Gasteiger partial charge in [-0.05, 0) is 0 Å². The van der Waals surface area contributed by atoms with Crippen LogP contribution in [-0.4, -0.2) is 41.9 Å². The molecular formula is C7H11N5O2S. The molecule has 0 spiro atoms. The van der Waals surface area contributed by atoms with E-state index in [2.05, 4.69) is 15.1 Å². The van der Waals surface area contributed by atoms with Crippen LogP contribution in [0.4, 0.5) is 0 Å². The van der Waals surface area contributed by atoms with Crippen molar-refractivity contribution >= 4 is 15.9 Å². The fourth-order valence-electron chi connectivity index (χ4n) is 0.708. The van der Waals surface area contributed by atoms with Crippen LogP contribution >= 0.6 is 0 Å². The lowest BCUT2D eigenvalue weighted by atomic mass is 10.4. The molecule has 1 aromatic rings. The van der Waals surface area contributed by atoms with Gasteiger partial charge in [0, 0.05) is 19.4 Å². The summed E-state index contributed by atoms with van der Waals surface area (Å²) in [5.41, 5.74) is 5.86. The molecule has 0 aliphatic heterocycles. The topological polar surface area (TPSA) is 102 Å². The number of hydrogen-bond acceptors (Lipinski definition) is 5. The first kappa shape index (κ1) is 11.4. The Morgan fingerprint density at radius 3 is 2.67 bits per heavy atom. The van der Waals surface area contributed by atoms with Crippen LogP contribution in [0.1, 0.15) is 5.69 Å². The maximum Gasteiger partial charge on any atom is 0.246 e. The van der Waals surface area contributed by atoms with E-state index < -0.39 is 10.0 Å². The van der Waals surface area contributed by atoms with Gasteiger partial charge in [-0.15, -0.1) is 5.10 Å². The van der Waals surface area contributed by atoms with Gasteiger partial charge in [0.15, 0.2) is 5.84 Å². The Labute approximate surface area is 87.7 Å². The molecule has 0 aromatic carbocycles. The third kappa shape index (κ3) is 3.17. The Kier molecular flexibility index (Phi) is 3.20. The van der Waals surface area contributed by atoms with Crippen molar-refractivity contribution in [3.05, 3.63) is 24.3 Å². The molecule has 0 fully saturated rings. The van der Waals surface area contributed by atoms with Gasteiger partial charge in [0.25, 0.3) is 0 Å². The van der Waals surface area contributed by atoms with Crippen LogP contribution in [-0.2, 0) is 10.0 Å². The van der Waals surface area contributed by atoms with Gasteiger partial charge >= 0.3 is 0 Å². The van der Waals surface area contributed by atoms with Gasteiger partial charge in [-0.3, -0.25) is 4.98 Å². The van der Waals surface area contributed by atoms with Gasteiger partial charge in [0.2, 0.25) is 10.0 Å². The Morgan fingerprint density at radius 2 is 2.20 bits per heavy atom. The van der Waals surface area contributed by atoms with Gasteiger partial charge in [0.05, 0.1) is 12.5 Å². The van der Waals surface area contributed by atoms with Crippen molar-refractivity contribution < 1.29 is 8.42 Å². The molecule has 0 unspecified atom stereocenters. The Bertz CT molecular complexity index is 456. The third-order valence-electron chi connectivity index (χ3n) is 1.55. The van der Waals surface area contributed by atoms with Crippen molar-refractivity contribution in [1.82, 2.24) is 14.4 Å². The molecule has 1 rings (SSSR count). The Hall–Kier alpha value is -1.70. The second-order valence-electron chi connectivity index (χ2n) is 2.77. The van der Waals surface area contributed by atoms with Crippen LogP contribution in [0.25, 0.3) is 0 Å². The van der Waals surface area contributed by atoms with E-state index in [1.165, 1.54) is 25.6 Å². The SMILES string of the molecule is CN(/N=C(\N)c1cnccn1)S(C)(=O)=O. The molecule has 1 aromatic heterocycles. The maximum atomic E-state index is 11.0. The van der Waals surface area contributed by atoms with E-state index in [9.17, 15) is 8.42 Å². The zero-order valence-electron chi connectivity index (χ0n) is 8.32. The summed E-state index contributed by atoms with van der Waals surface area (Å²) >= 11 is 0. The summed E-state index contributed by atoms with van der Waals surface area (Å²) in [5, 5.41) is 3.66. The van der Waals surface area contributed by atoms with Crippen molar-refractivity contribution in [2.45, 2.75) is 0 Å². The second-order valence-corrected chi connectivity index (χ2v) is 4.77. The highest BCUT2D eigenvalue weighted by Gasteiger charge is 2.09. The zero-order valence-corrected chi connectivity index (χ0v) is 9.14. The Balaban J connectivity index is 2.96. The molecule has 0 aliphatic carbocycles. The second kappa shape index (κ2) is 4.22. The van der Waals surface area contributed by atoms with Crippen LogP contribution in [0.15, 0.2) is 23.7 Å². The molecule has 0 radical (unpaired) electrons. The molecule has 15 heavy (non-hydrogen) atoms. The van der Waals surface area contributed by atoms with Crippen molar-refractivity contribution in [3.63, 3.8) is 0 Å². The highest BCUT2D eigenvalue weighted by molar-refractivity contribution is 7.88. The van der Waals surface area contributed by atoms with Gasteiger partial charge in [-0.2, -0.15) is 4.41 Å². The first-order chi connectivity index (χ1) is 6.91. The normalized spacial score (nSPS) is 12.5. The number of amidine groups is 1. The van der Waals surface area contributed by atoms with E-state index in [1.54, 1.807) is 0 Å². The average Bonchev–Trinajstić information content (AvgIpc) is 2.17. The van der Waals surface area contributed by atoms with Crippen molar-refractivity contribution in [1.29, 1.82) is 0 Å². The van der Waals surface area contributed by atoms with E-state index in [0.29, 0.717) is 5.69 Å². The lowest BCUT2D eigenvalue weighted by Gasteiger charge is -2.10. The van der Waals surface area contributed by atoms with Crippen molar-refractivity contribution in [2.75, 3.05) is 13.3 Å². The number of hydrazone groups is 1. The van der Waals surface area contributed by atoms with E-state index in [1.807, 2.05) is 0 Å². The predicted molar refractivity (Wildman–Crippen MR) is 55.4 cm³/mol. The molecule has 2 N–H and O–H groups in total. The van der Waals surface area contributed by atoms with Gasteiger partial charge in [-0.25, -0.2) is 13.4 Å². The number of sulfonamides is 1. The first-order valence-corrected chi connectivity index (χ1v) is 5.80. The quantitative estimate of drug-likeness (QED) is 0.406. The minimum atomic E-state index is -3.39. The van der Waals surface area contributed by atoms with Crippen LogP contribution in [0.3, 0.4) is 0 Å². The average molecular weight is 229 g/mol. The summed E-state index contributed by atoms with van der Waals surface area (Å²) in [7, 11) is -2.10. The summed E-state index contributed by atoms with van der Waals surface area (Å²) in [4.78, 5) is 7.66. The van der Waals surface area contributed by atoms with Gasteiger partial charge in [-0.1, -0.05) is 0 Å². The van der Waals surface area contributed by atoms with E-state index >= 15 is 0 Å². The minimum Gasteiger partial charge on any atom is -0.380 e. The van der Waals surface area contributed by atoms with Crippen molar-refractivity contribution in [3.8, 4) is 0 Å². The third-order valence-corrected chi connectivity index (χ3v) is 2.60. The summed E-state index contributed by atoms with van der Waals surface area (Å²) in [5.74, 6) is -0.00368. The van der Waals surface area contributed by atoms with E-state index in [4.69, 9.17) is 5.73 Å². The molecule has 0 saturated heterocycles. The smallest absolute Gasteiger partial charge is 0.246 e. The summed E-state index contributed by atoms with van der Waals surface area (Å²) in [6.07, 6.45) is 5.35. The monoisotopic (exact) mass is 229 g/mol. The van der Waals surface area contributed by atoms with Gasteiger partial charge < -0.3 is 5.73 Å². The van der Waals surface area contributed by atoms with E-state index in [-0.39, 0.29) is 5.84 Å². The lowest BCUT2D eigenvalue weighted by molar-refractivity contribution is 0.495. The number of hydrogen-bond donors (Lipinski definition) is 1. The lowest BCUT2D eigenvalue weighted by Crippen LogP contribution is -2.26. The first-order valence-electron chi connectivity index (χ1n) is 3.95. The summed E-state index contributed by atoms with van der Waals surface area (Å²) < 4.78 is 22.8. The summed E-state index contributed by atoms with van der Waals surface area (Å²) in [6, 6.07) is 0. The van der Waals surface area contributed by atoms with Crippen molar-refractivity contribution in [2.24, 2.45) is 10.8 Å². The maximum absolute atomic E-state index is 11.0. The standard InChI is InChI=1S/C7H11N5O2S/c1-12(15(2,13)14)11-7(8)6-5-9-3-4-10-6/h3-5H,1-2H3,(H2,8,11). The molecule has 8 heteroatoms. The molecule has 0 bridgehead atoms. The highest BCUT2D eigenvalue weighted by atomic mass is 32.2. The fraction of sp³-hybridized carbons (Fsp3) is 0.286. The number of nitrogens with zero attached hydrogens (tertiary/aromatic N) is 4. The molecule has 0 aliphatic rings. The summed E-state index contributed by atoms with van der Waals surface area (Å²) in [6.45, 7) is 0. The fourth-order valence-corrected chi connectivity index (χ4v) is 0.945. The van der Waals surface area contributed by atoms with Crippen LogP contribution in [0, 0.1) is 0 Å². The van der Waals surface area contributed by atoms with Crippen LogP contribution < -0.4 is 5.73 Å². The predicted octanol–water partition coefficient (Wildman–Crippen LogP) is -1.01. The molecule has 82 valence electrons. The van der Waals surface area contributed by atoms with E-state index in [0.717, 1.165) is 10.7 Å². The van der Waals surface area contributed by atoms with Gasteiger partial charge in [0.1, 0.15) is 5.69 Å². The molecule has 7 nitrogen and oxygen atoms in total. The zero-order chi connectivity index (χ0) is 11.5. The largest absolute Gasteiger partial charge is 0.380 e. The molecule has 0 amide bonds. The minimum absolute atomic E-state index is 0.00368.